The van der Waals surface area contributed by atoms with Gasteiger partial charge in [-0.15, -0.1) is 11.8 Å². The first-order valence-electron chi connectivity index (χ1n) is 10.8. The molecule has 0 N–H and O–H groups in total. The number of ketones is 1. The Hall–Kier alpha value is -2.40. The number of Topliss-reactive ketones (excluding diaryl/α,β-unsaturated/α-hetero) is 1. The van der Waals surface area contributed by atoms with Crippen molar-refractivity contribution in [3.63, 3.8) is 0 Å². The molecule has 1 atom stereocenters. The second-order valence-corrected chi connectivity index (χ2v) is 9.01. The van der Waals surface area contributed by atoms with E-state index in [-0.39, 0.29) is 5.78 Å². The SMILES string of the molecule is CSc1ccc(C(=O)C(C)(Cc2ccccc2-c2ccccc2)N2CCOCC2)cc1. The minimum atomic E-state index is -0.643. The van der Waals surface area contributed by atoms with Crippen molar-refractivity contribution in [1.29, 1.82) is 0 Å². The van der Waals surface area contributed by atoms with Crippen molar-refractivity contribution in [2.75, 3.05) is 32.6 Å². The highest BCUT2D eigenvalue weighted by atomic mass is 32.2. The summed E-state index contributed by atoms with van der Waals surface area (Å²) in [5.74, 6) is 0.171. The van der Waals surface area contributed by atoms with Crippen molar-refractivity contribution in [2.24, 2.45) is 0 Å². The molecule has 3 aromatic rings. The number of morpholine rings is 1. The highest BCUT2D eigenvalue weighted by Crippen LogP contribution is 2.32. The van der Waals surface area contributed by atoms with Crippen LogP contribution in [0.3, 0.4) is 0 Å². The lowest BCUT2D eigenvalue weighted by Crippen LogP contribution is -2.57. The molecular formula is C27H29NO2S. The maximum absolute atomic E-state index is 13.9. The van der Waals surface area contributed by atoms with Crippen LogP contribution in [0.2, 0.25) is 0 Å². The molecule has 3 nitrogen and oxygen atoms in total. The van der Waals surface area contributed by atoms with Gasteiger partial charge < -0.3 is 4.74 Å². The van der Waals surface area contributed by atoms with Crippen molar-refractivity contribution >= 4 is 17.5 Å². The number of nitrogens with zero attached hydrogens (tertiary/aromatic N) is 1. The smallest absolute Gasteiger partial charge is 0.183 e. The normalized spacial score (nSPS) is 16.6. The van der Waals surface area contributed by atoms with E-state index in [4.69, 9.17) is 4.74 Å². The van der Waals surface area contributed by atoms with Gasteiger partial charge in [-0.2, -0.15) is 0 Å². The fourth-order valence-corrected chi connectivity index (χ4v) is 4.80. The van der Waals surface area contributed by atoms with Gasteiger partial charge in [0, 0.05) is 23.5 Å². The number of benzene rings is 3. The van der Waals surface area contributed by atoms with Crippen molar-refractivity contribution in [3.05, 3.63) is 90.0 Å². The Bertz CT molecular complexity index is 1010. The van der Waals surface area contributed by atoms with Gasteiger partial charge >= 0.3 is 0 Å². The lowest BCUT2D eigenvalue weighted by atomic mass is 9.81. The van der Waals surface area contributed by atoms with Gasteiger partial charge in [-0.1, -0.05) is 66.7 Å². The zero-order valence-electron chi connectivity index (χ0n) is 18.2. The second kappa shape index (κ2) is 9.82. The molecule has 1 aliphatic rings. The molecule has 1 unspecified atom stereocenters. The summed E-state index contributed by atoms with van der Waals surface area (Å²) in [6.45, 7) is 4.95. The minimum absolute atomic E-state index is 0.171. The van der Waals surface area contributed by atoms with E-state index in [1.807, 2.05) is 30.3 Å². The molecule has 4 rings (SSSR count). The largest absolute Gasteiger partial charge is 0.379 e. The molecule has 3 aromatic carbocycles. The molecule has 0 amide bonds. The molecule has 1 saturated heterocycles. The van der Waals surface area contributed by atoms with Crippen LogP contribution in [-0.2, 0) is 11.2 Å². The van der Waals surface area contributed by atoms with E-state index < -0.39 is 5.54 Å². The highest BCUT2D eigenvalue weighted by Gasteiger charge is 2.41. The van der Waals surface area contributed by atoms with Gasteiger partial charge in [0.1, 0.15) is 0 Å². The van der Waals surface area contributed by atoms with Gasteiger partial charge in [0.05, 0.1) is 18.8 Å². The van der Waals surface area contributed by atoms with Gasteiger partial charge in [-0.25, -0.2) is 0 Å². The van der Waals surface area contributed by atoms with E-state index in [1.165, 1.54) is 21.6 Å². The third kappa shape index (κ3) is 4.77. The maximum Gasteiger partial charge on any atom is 0.183 e. The predicted molar refractivity (Wildman–Crippen MR) is 129 cm³/mol. The third-order valence-electron chi connectivity index (χ3n) is 6.19. The molecule has 31 heavy (non-hydrogen) atoms. The van der Waals surface area contributed by atoms with Crippen molar-refractivity contribution < 1.29 is 9.53 Å². The van der Waals surface area contributed by atoms with Crippen LogP contribution in [0.5, 0.6) is 0 Å². The molecular weight excluding hydrogens is 402 g/mol. The van der Waals surface area contributed by atoms with E-state index in [0.29, 0.717) is 19.6 Å². The Balaban J connectivity index is 1.73. The molecule has 1 aliphatic heterocycles. The van der Waals surface area contributed by atoms with E-state index in [9.17, 15) is 4.79 Å². The van der Waals surface area contributed by atoms with Gasteiger partial charge in [0.25, 0.3) is 0 Å². The summed E-state index contributed by atoms with van der Waals surface area (Å²) < 4.78 is 5.60. The zero-order valence-corrected chi connectivity index (χ0v) is 19.0. The molecule has 0 aromatic heterocycles. The average molecular weight is 432 g/mol. The molecule has 160 valence electrons. The molecule has 1 heterocycles. The molecule has 0 spiro atoms. The summed E-state index contributed by atoms with van der Waals surface area (Å²) in [5.41, 5.74) is 3.68. The lowest BCUT2D eigenvalue weighted by Gasteiger charge is -2.42. The fraction of sp³-hybridized carbons (Fsp3) is 0.296. The Kier molecular flexibility index (Phi) is 6.91. The van der Waals surface area contributed by atoms with E-state index in [1.54, 1.807) is 11.8 Å². The van der Waals surface area contributed by atoms with Crippen molar-refractivity contribution in [2.45, 2.75) is 23.8 Å². The van der Waals surface area contributed by atoms with Crippen molar-refractivity contribution in [3.8, 4) is 11.1 Å². The second-order valence-electron chi connectivity index (χ2n) is 8.13. The van der Waals surface area contributed by atoms with Crippen LogP contribution in [0.4, 0.5) is 0 Å². The molecule has 4 heteroatoms. The number of ether oxygens (including phenoxy) is 1. The summed E-state index contributed by atoms with van der Waals surface area (Å²) >= 11 is 1.69. The van der Waals surface area contributed by atoms with Crippen molar-refractivity contribution in [1.82, 2.24) is 4.90 Å². The number of thioether (sulfide) groups is 1. The fourth-order valence-electron chi connectivity index (χ4n) is 4.39. The average Bonchev–Trinajstić information content (AvgIpc) is 2.85. The first kappa shape index (κ1) is 21.8. The number of hydrogen-bond donors (Lipinski definition) is 0. The molecule has 1 fully saturated rings. The van der Waals surface area contributed by atoms with Crippen LogP contribution >= 0.6 is 11.8 Å². The summed E-state index contributed by atoms with van der Waals surface area (Å²) in [7, 11) is 0. The zero-order chi connectivity index (χ0) is 21.7. The molecule has 0 radical (unpaired) electrons. The number of rotatable bonds is 7. The van der Waals surface area contributed by atoms with Crippen LogP contribution in [0, 0.1) is 0 Å². The quantitative estimate of drug-likeness (QED) is 0.360. The summed E-state index contributed by atoms with van der Waals surface area (Å²) in [6, 6.07) is 26.9. The number of carbonyl (C=O) groups excluding carboxylic acids is 1. The monoisotopic (exact) mass is 431 g/mol. The first-order valence-corrected chi connectivity index (χ1v) is 12.0. The van der Waals surface area contributed by atoms with Gasteiger partial charge in [-0.3, -0.25) is 9.69 Å². The predicted octanol–water partition coefficient (Wildman–Crippen LogP) is 5.59. The van der Waals surface area contributed by atoms with Crippen LogP contribution in [-0.4, -0.2) is 48.8 Å². The Labute approximate surface area is 189 Å². The molecule has 0 aliphatic carbocycles. The number of hydrogen-bond acceptors (Lipinski definition) is 4. The summed E-state index contributed by atoms with van der Waals surface area (Å²) in [6.07, 6.45) is 2.70. The maximum atomic E-state index is 13.9. The summed E-state index contributed by atoms with van der Waals surface area (Å²) in [5, 5.41) is 0. The minimum Gasteiger partial charge on any atom is -0.379 e. The van der Waals surface area contributed by atoms with Crippen LogP contribution in [0.1, 0.15) is 22.8 Å². The lowest BCUT2D eigenvalue weighted by molar-refractivity contribution is -0.00945. The van der Waals surface area contributed by atoms with E-state index >= 15 is 0 Å². The van der Waals surface area contributed by atoms with Gasteiger partial charge in [0.2, 0.25) is 0 Å². The Morgan fingerprint density at radius 3 is 2.26 bits per heavy atom. The van der Waals surface area contributed by atoms with Crippen LogP contribution in [0.25, 0.3) is 11.1 Å². The third-order valence-corrected chi connectivity index (χ3v) is 6.93. The van der Waals surface area contributed by atoms with Crippen LogP contribution in [0.15, 0.2) is 83.8 Å². The number of carbonyl (C=O) groups is 1. The first-order chi connectivity index (χ1) is 15.1. The summed E-state index contributed by atoms with van der Waals surface area (Å²) in [4.78, 5) is 17.4. The Morgan fingerprint density at radius 2 is 1.58 bits per heavy atom. The van der Waals surface area contributed by atoms with Gasteiger partial charge in [0.15, 0.2) is 5.78 Å². The van der Waals surface area contributed by atoms with E-state index in [2.05, 4.69) is 66.6 Å². The topological polar surface area (TPSA) is 29.5 Å². The standard InChI is InChI=1S/C27H29NO2S/c1-27(28-16-18-30-19-17-28,26(29)22-12-14-24(31-2)15-13-22)20-23-10-6-7-11-25(23)21-8-4-3-5-9-21/h3-15H,16-20H2,1-2H3. The molecule has 0 saturated carbocycles. The van der Waals surface area contributed by atoms with E-state index in [0.717, 1.165) is 18.7 Å². The molecule has 0 bridgehead atoms. The van der Waals surface area contributed by atoms with Crippen LogP contribution < -0.4 is 0 Å². The van der Waals surface area contributed by atoms with Gasteiger partial charge in [-0.05, 0) is 48.4 Å². The Morgan fingerprint density at radius 1 is 0.935 bits per heavy atom. The highest BCUT2D eigenvalue weighted by molar-refractivity contribution is 7.98.